The molecule has 0 spiro atoms. The van der Waals surface area contributed by atoms with E-state index in [2.05, 4.69) is 0 Å². The third-order valence-corrected chi connectivity index (χ3v) is 6.17. The van der Waals surface area contributed by atoms with Crippen molar-refractivity contribution in [3.8, 4) is 0 Å². The second-order valence-corrected chi connectivity index (χ2v) is 7.89. The predicted octanol–water partition coefficient (Wildman–Crippen LogP) is 0.523. The number of carbonyl (C=O) groups is 2. The number of hydrogen-bond acceptors (Lipinski definition) is 4. The predicted molar refractivity (Wildman–Crippen MR) is 72.9 cm³/mol. The van der Waals surface area contributed by atoms with E-state index in [0.29, 0.717) is 25.8 Å². The van der Waals surface area contributed by atoms with E-state index in [0.717, 1.165) is 6.42 Å². The summed E-state index contributed by atoms with van der Waals surface area (Å²) in [7, 11) is -3.05. The summed E-state index contributed by atoms with van der Waals surface area (Å²) in [6.07, 6.45) is 2.33. The summed E-state index contributed by atoms with van der Waals surface area (Å²) in [5, 5.41) is 9.17. The van der Waals surface area contributed by atoms with E-state index in [1.807, 2.05) is 6.92 Å². The number of sulfone groups is 1. The van der Waals surface area contributed by atoms with E-state index in [4.69, 9.17) is 5.11 Å². The van der Waals surface area contributed by atoms with Crippen molar-refractivity contribution in [1.82, 2.24) is 4.90 Å². The van der Waals surface area contributed by atoms with Crippen molar-refractivity contribution in [3.63, 3.8) is 0 Å². The highest BCUT2D eigenvalue weighted by molar-refractivity contribution is 7.91. The summed E-state index contributed by atoms with van der Waals surface area (Å²) in [4.78, 5) is 25.3. The maximum Gasteiger partial charge on any atom is 0.307 e. The molecule has 2 rings (SSSR count). The average Bonchev–Trinajstić information content (AvgIpc) is 2.96. The molecule has 0 bridgehead atoms. The van der Waals surface area contributed by atoms with Gasteiger partial charge in [-0.15, -0.1) is 0 Å². The molecule has 2 aliphatic rings. The quantitative estimate of drug-likeness (QED) is 0.817. The first kappa shape index (κ1) is 15.3. The van der Waals surface area contributed by atoms with Crippen LogP contribution in [0.3, 0.4) is 0 Å². The van der Waals surface area contributed by atoms with Gasteiger partial charge < -0.3 is 10.0 Å². The first-order valence-electron chi connectivity index (χ1n) is 7.09. The van der Waals surface area contributed by atoms with Gasteiger partial charge in [0.15, 0.2) is 9.84 Å². The summed E-state index contributed by atoms with van der Waals surface area (Å²) >= 11 is 0. The Bertz CT molecular complexity index is 501. The van der Waals surface area contributed by atoms with E-state index >= 15 is 0 Å². The van der Waals surface area contributed by atoms with Crippen molar-refractivity contribution in [2.24, 2.45) is 11.8 Å². The molecule has 1 amide bonds. The van der Waals surface area contributed by atoms with Crippen molar-refractivity contribution in [1.29, 1.82) is 0 Å². The number of aliphatic carboxylic acids is 1. The monoisotopic (exact) mass is 303 g/mol. The van der Waals surface area contributed by atoms with E-state index < -0.39 is 27.6 Å². The van der Waals surface area contributed by atoms with Gasteiger partial charge in [-0.2, -0.15) is 0 Å². The average molecular weight is 303 g/mol. The molecule has 1 aliphatic carbocycles. The van der Waals surface area contributed by atoms with Crippen LogP contribution in [0.1, 0.15) is 32.6 Å². The zero-order valence-corrected chi connectivity index (χ0v) is 12.4. The van der Waals surface area contributed by atoms with Crippen LogP contribution in [-0.4, -0.2) is 54.4 Å². The van der Waals surface area contributed by atoms with Gasteiger partial charge in [-0.05, 0) is 26.2 Å². The Hall–Kier alpha value is -1.11. The van der Waals surface area contributed by atoms with Crippen molar-refractivity contribution in [2.45, 2.75) is 38.6 Å². The topological polar surface area (TPSA) is 91.8 Å². The number of rotatable bonds is 4. The molecule has 1 N–H and O–H groups in total. The molecule has 2 fully saturated rings. The van der Waals surface area contributed by atoms with E-state index in [9.17, 15) is 18.0 Å². The van der Waals surface area contributed by atoms with Crippen molar-refractivity contribution < 1.29 is 23.1 Å². The molecule has 1 saturated heterocycles. The van der Waals surface area contributed by atoms with Gasteiger partial charge in [0.2, 0.25) is 5.91 Å². The molecule has 6 nitrogen and oxygen atoms in total. The molecular weight excluding hydrogens is 282 g/mol. The lowest BCUT2D eigenvalue weighted by Crippen LogP contribution is -2.45. The highest BCUT2D eigenvalue weighted by Gasteiger charge is 2.42. The van der Waals surface area contributed by atoms with Gasteiger partial charge in [-0.1, -0.05) is 6.42 Å². The van der Waals surface area contributed by atoms with Gasteiger partial charge >= 0.3 is 5.97 Å². The molecular formula is C13H21NO5S. The van der Waals surface area contributed by atoms with Crippen LogP contribution in [-0.2, 0) is 19.4 Å². The normalized spacial score (nSPS) is 32.1. The van der Waals surface area contributed by atoms with Crippen LogP contribution < -0.4 is 0 Å². The first-order valence-corrected chi connectivity index (χ1v) is 8.91. The van der Waals surface area contributed by atoms with Crippen LogP contribution >= 0.6 is 0 Å². The molecule has 7 heteroatoms. The molecule has 0 aromatic rings. The van der Waals surface area contributed by atoms with Gasteiger partial charge in [-0.3, -0.25) is 9.59 Å². The van der Waals surface area contributed by atoms with Gasteiger partial charge in [0.1, 0.15) is 0 Å². The summed E-state index contributed by atoms with van der Waals surface area (Å²) in [6, 6.07) is -0.285. The van der Waals surface area contributed by atoms with E-state index in [1.54, 1.807) is 4.90 Å². The highest BCUT2D eigenvalue weighted by atomic mass is 32.2. The minimum absolute atomic E-state index is 0.0110. The first-order chi connectivity index (χ1) is 9.35. The minimum Gasteiger partial charge on any atom is -0.481 e. The van der Waals surface area contributed by atoms with Gasteiger partial charge in [0, 0.05) is 12.6 Å². The summed E-state index contributed by atoms with van der Waals surface area (Å²) < 4.78 is 23.1. The fourth-order valence-electron chi connectivity index (χ4n) is 3.38. The lowest BCUT2D eigenvalue weighted by molar-refractivity contribution is -0.149. The number of carboxylic acid groups (broad SMARTS) is 1. The third kappa shape index (κ3) is 2.97. The summed E-state index contributed by atoms with van der Waals surface area (Å²) in [6.45, 7) is 2.25. The Kier molecular flexibility index (Phi) is 4.36. The smallest absolute Gasteiger partial charge is 0.307 e. The Labute approximate surface area is 119 Å². The van der Waals surface area contributed by atoms with Crippen LogP contribution in [0.15, 0.2) is 0 Å². The molecule has 1 heterocycles. The minimum atomic E-state index is -3.05. The second-order valence-electron chi connectivity index (χ2n) is 5.66. The second kappa shape index (κ2) is 5.71. The molecule has 3 atom stereocenters. The lowest BCUT2D eigenvalue weighted by Gasteiger charge is -2.30. The number of carbonyl (C=O) groups excluding carboxylic acids is 1. The SMILES string of the molecule is CCN(C(=O)[C@@H]1CCC[C@@H]1C(=O)O)C1CCS(=O)(=O)C1. The van der Waals surface area contributed by atoms with Crippen LogP contribution in [0, 0.1) is 11.8 Å². The molecule has 0 aromatic heterocycles. The maximum atomic E-state index is 12.6. The largest absolute Gasteiger partial charge is 0.481 e. The van der Waals surface area contributed by atoms with Crippen molar-refractivity contribution in [2.75, 3.05) is 18.1 Å². The summed E-state index contributed by atoms with van der Waals surface area (Å²) in [5.41, 5.74) is 0. The maximum absolute atomic E-state index is 12.6. The Morgan fingerprint density at radius 2 is 1.85 bits per heavy atom. The Balaban J connectivity index is 2.11. The Morgan fingerprint density at radius 3 is 2.35 bits per heavy atom. The number of hydrogen-bond donors (Lipinski definition) is 1. The van der Waals surface area contributed by atoms with E-state index in [-0.39, 0.29) is 23.5 Å². The molecule has 114 valence electrons. The van der Waals surface area contributed by atoms with Crippen LogP contribution in [0.5, 0.6) is 0 Å². The molecule has 1 unspecified atom stereocenters. The van der Waals surface area contributed by atoms with E-state index in [1.165, 1.54) is 0 Å². The van der Waals surface area contributed by atoms with Gasteiger partial charge in [0.05, 0.1) is 23.3 Å². The zero-order chi connectivity index (χ0) is 14.9. The Morgan fingerprint density at radius 1 is 1.20 bits per heavy atom. The summed E-state index contributed by atoms with van der Waals surface area (Å²) in [5.74, 6) is -2.08. The molecule has 0 radical (unpaired) electrons. The van der Waals surface area contributed by atoms with Gasteiger partial charge in [-0.25, -0.2) is 8.42 Å². The standard InChI is InChI=1S/C13H21NO5S/c1-2-14(9-6-7-20(18,19)8-9)12(15)10-4-3-5-11(10)13(16)17/h9-11H,2-8H2,1H3,(H,16,17)/t9?,10-,11+/m1/s1. The zero-order valence-electron chi connectivity index (χ0n) is 11.6. The molecule has 20 heavy (non-hydrogen) atoms. The van der Waals surface area contributed by atoms with Crippen LogP contribution in [0.4, 0.5) is 0 Å². The lowest BCUT2D eigenvalue weighted by atomic mass is 9.94. The number of amides is 1. The van der Waals surface area contributed by atoms with Crippen LogP contribution in [0.25, 0.3) is 0 Å². The van der Waals surface area contributed by atoms with Crippen molar-refractivity contribution >= 4 is 21.7 Å². The van der Waals surface area contributed by atoms with Gasteiger partial charge in [0.25, 0.3) is 0 Å². The highest BCUT2D eigenvalue weighted by Crippen LogP contribution is 2.34. The number of carboxylic acids is 1. The fourth-order valence-corrected chi connectivity index (χ4v) is 5.11. The molecule has 0 aromatic carbocycles. The molecule has 1 saturated carbocycles. The fraction of sp³-hybridized carbons (Fsp3) is 0.846. The third-order valence-electron chi connectivity index (χ3n) is 4.42. The molecule has 1 aliphatic heterocycles. The number of nitrogens with zero attached hydrogens (tertiary/aromatic N) is 1. The van der Waals surface area contributed by atoms with Crippen LogP contribution in [0.2, 0.25) is 0 Å². The van der Waals surface area contributed by atoms with Crippen molar-refractivity contribution in [3.05, 3.63) is 0 Å².